The van der Waals surface area contributed by atoms with E-state index in [4.69, 9.17) is 4.74 Å². The highest BCUT2D eigenvalue weighted by Gasteiger charge is 2.28. The van der Waals surface area contributed by atoms with Crippen LogP contribution in [0.3, 0.4) is 0 Å². The maximum Gasteiger partial charge on any atom is 0.339 e. The van der Waals surface area contributed by atoms with Crippen molar-refractivity contribution < 1.29 is 19.4 Å². The predicted molar refractivity (Wildman–Crippen MR) is 90.1 cm³/mol. The van der Waals surface area contributed by atoms with E-state index in [9.17, 15) is 14.7 Å². The van der Waals surface area contributed by atoms with Gasteiger partial charge < -0.3 is 14.7 Å². The summed E-state index contributed by atoms with van der Waals surface area (Å²) in [6.45, 7) is 2.18. The van der Waals surface area contributed by atoms with Crippen molar-refractivity contribution in [1.29, 1.82) is 0 Å². The monoisotopic (exact) mass is 325 g/mol. The van der Waals surface area contributed by atoms with Gasteiger partial charge in [-0.15, -0.1) is 0 Å². The number of phenolic OH excluding ortho intramolecular Hbond substituents is 1. The number of rotatable bonds is 3. The third-order valence-corrected chi connectivity index (χ3v) is 4.09. The lowest BCUT2D eigenvalue weighted by Crippen LogP contribution is -2.42. The number of esters is 1. The predicted octanol–water partition coefficient (Wildman–Crippen LogP) is 2.92. The van der Waals surface area contributed by atoms with Crippen LogP contribution in [-0.4, -0.2) is 29.6 Å². The molecule has 1 N–H and O–H groups in total. The van der Waals surface area contributed by atoms with Crippen LogP contribution in [0, 0.1) is 0 Å². The highest BCUT2D eigenvalue weighted by atomic mass is 16.5. The molecule has 0 aliphatic carbocycles. The normalized spacial score (nSPS) is 14.6. The first-order valence-electron chi connectivity index (χ1n) is 7.95. The van der Waals surface area contributed by atoms with Crippen molar-refractivity contribution in [3.63, 3.8) is 0 Å². The van der Waals surface area contributed by atoms with E-state index in [-0.39, 0.29) is 17.2 Å². The van der Waals surface area contributed by atoms with Crippen LogP contribution >= 0.6 is 0 Å². The summed E-state index contributed by atoms with van der Waals surface area (Å²) < 4.78 is 5.28. The average Bonchev–Trinajstić information content (AvgIpc) is 2.60. The Morgan fingerprint density at radius 1 is 1.17 bits per heavy atom. The second kappa shape index (κ2) is 6.74. The molecule has 1 amide bonds. The van der Waals surface area contributed by atoms with E-state index in [2.05, 4.69) is 0 Å². The number of benzene rings is 2. The summed E-state index contributed by atoms with van der Waals surface area (Å²) in [7, 11) is 0. The number of carbonyl (C=O) groups excluding carboxylic acids is 2. The first-order chi connectivity index (χ1) is 11.6. The van der Waals surface area contributed by atoms with Crippen molar-refractivity contribution in [2.45, 2.75) is 25.9 Å². The Hall–Kier alpha value is -2.82. The van der Waals surface area contributed by atoms with E-state index >= 15 is 0 Å². The molecule has 124 valence electrons. The number of amides is 1. The SMILES string of the molecule is C[C@@H](OC(=O)c1cccc(O)c1)C(=O)N1CCCc2ccccc21. The number of nitrogens with zero attached hydrogens (tertiary/aromatic N) is 1. The number of aromatic hydroxyl groups is 1. The van der Waals surface area contributed by atoms with E-state index in [0.717, 1.165) is 24.1 Å². The molecule has 0 saturated carbocycles. The fraction of sp³-hybridized carbons (Fsp3) is 0.263. The van der Waals surface area contributed by atoms with Crippen LogP contribution in [0.4, 0.5) is 5.69 Å². The Bertz CT molecular complexity index is 771. The van der Waals surface area contributed by atoms with Gasteiger partial charge in [0.1, 0.15) is 5.75 Å². The van der Waals surface area contributed by atoms with Crippen LogP contribution in [0.25, 0.3) is 0 Å². The van der Waals surface area contributed by atoms with Crippen LogP contribution in [0.1, 0.15) is 29.3 Å². The third-order valence-electron chi connectivity index (χ3n) is 4.09. The van der Waals surface area contributed by atoms with Gasteiger partial charge in [0.05, 0.1) is 5.56 Å². The summed E-state index contributed by atoms with van der Waals surface area (Å²) in [5.41, 5.74) is 2.23. The van der Waals surface area contributed by atoms with Gasteiger partial charge in [-0.1, -0.05) is 24.3 Å². The van der Waals surface area contributed by atoms with E-state index in [1.165, 1.54) is 18.2 Å². The molecule has 2 aromatic carbocycles. The van der Waals surface area contributed by atoms with Crippen molar-refractivity contribution >= 4 is 17.6 Å². The third kappa shape index (κ3) is 3.25. The Labute approximate surface area is 140 Å². The topological polar surface area (TPSA) is 66.8 Å². The van der Waals surface area contributed by atoms with Crippen molar-refractivity contribution in [2.75, 3.05) is 11.4 Å². The van der Waals surface area contributed by atoms with Gasteiger partial charge in [0.25, 0.3) is 5.91 Å². The van der Waals surface area contributed by atoms with Crippen molar-refractivity contribution in [1.82, 2.24) is 0 Å². The van der Waals surface area contributed by atoms with E-state index in [0.29, 0.717) is 6.54 Å². The van der Waals surface area contributed by atoms with Crippen LogP contribution in [-0.2, 0) is 16.0 Å². The van der Waals surface area contributed by atoms with Gasteiger partial charge in [-0.25, -0.2) is 4.79 Å². The number of hydrogen-bond acceptors (Lipinski definition) is 4. The van der Waals surface area contributed by atoms with Gasteiger partial charge in [0.2, 0.25) is 0 Å². The quantitative estimate of drug-likeness (QED) is 0.881. The molecule has 0 radical (unpaired) electrons. The maximum absolute atomic E-state index is 12.7. The standard InChI is InChI=1S/C19H19NO4/c1-13(24-19(23)15-7-4-9-16(21)12-15)18(22)20-11-5-8-14-6-2-3-10-17(14)20/h2-4,6-7,9-10,12-13,21H,5,8,11H2,1H3/t13-/m1/s1. The Morgan fingerprint density at radius 2 is 1.96 bits per heavy atom. The molecule has 1 aliphatic heterocycles. The molecule has 0 saturated heterocycles. The van der Waals surface area contributed by atoms with Gasteiger partial charge in [0, 0.05) is 12.2 Å². The summed E-state index contributed by atoms with van der Waals surface area (Å²) in [5, 5.41) is 9.44. The maximum atomic E-state index is 12.7. The minimum atomic E-state index is -0.897. The molecule has 5 heteroatoms. The lowest BCUT2D eigenvalue weighted by Gasteiger charge is -2.31. The van der Waals surface area contributed by atoms with Crippen molar-refractivity contribution in [3.05, 3.63) is 59.7 Å². The summed E-state index contributed by atoms with van der Waals surface area (Å²) >= 11 is 0. The van der Waals surface area contributed by atoms with Crippen molar-refractivity contribution in [2.24, 2.45) is 0 Å². The van der Waals surface area contributed by atoms with Gasteiger partial charge in [-0.2, -0.15) is 0 Å². The molecule has 2 aromatic rings. The van der Waals surface area contributed by atoms with Gasteiger partial charge in [0.15, 0.2) is 6.10 Å². The van der Waals surface area contributed by atoms with Crippen LogP contribution < -0.4 is 4.90 Å². The van der Waals surface area contributed by atoms with Crippen molar-refractivity contribution in [3.8, 4) is 5.75 Å². The number of ether oxygens (including phenoxy) is 1. The number of aryl methyl sites for hydroxylation is 1. The van der Waals surface area contributed by atoms with Gasteiger partial charge in [-0.05, 0) is 49.6 Å². The number of hydrogen-bond donors (Lipinski definition) is 1. The molecule has 0 spiro atoms. The minimum absolute atomic E-state index is 0.0200. The Morgan fingerprint density at radius 3 is 2.75 bits per heavy atom. The smallest absolute Gasteiger partial charge is 0.339 e. The fourth-order valence-electron chi connectivity index (χ4n) is 2.89. The minimum Gasteiger partial charge on any atom is -0.508 e. The van der Waals surface area contributed by atoms with E-state index in [1.807, 2.05) is 24.3 Å². The number of phenols is 1. The fourth-order valence-corrected chi connectivity index (χ4v) is 2.89. The van der Waals surface area contributed by atoms with Crippen LogP contribution in [0.5, 0.6) is 5.75 Å². The lowest BCUT2D eigenvalue weighted by atomic mass is 10.0. The van der Waals surface area contributed by atoms with Crippen LogP contribution in [0.15, 0.2) is 48.5 Å². The molecule has 0 unspecified atom stereocenters. The number of para-hydroxylation sites is 1. The molecule has 0 aromatic heterocycles. The molecule has 1 heterocycles. The zero-order valence-corrected chi connectivity index (χ0v) is 13.4. The first kappa shape index (κ1) is 16.1. The summed E-state index contributed by atoms with van der Waals surface area (Å²) in [6.07, 6.45) is 0.930. The van der Waals surface area contributed by atoms with Crippen LogP contribution in [0.2, 0.25) is 0 Å². The molecule has 1 aliphatic rings. The summed E-state index contributed by atoms with van der Waals surface area (Å²) in [4.78, 5) is 26.5. The Balaban J connectivity index is 1.73. The molecule has 3 rings (SSSR count). The lowest BCUT2D eigenvalue weighted by molar-refractivity contribution is -0.126. The number of fused-ring (bicyclic) bond motifs is 1. The molecule has 0 fully saturated rings. The zero-order valence-electron chi connectivity index (χ0n) is 13.4. The number of anilines is 1. The molecule has 24 heavy (non-hydrogen) atoms. The van der Waals surface area contributed by atoms with Gasteiger partial charge >= 0.3 is 5.97 Å². The first-order valence-corrected chi connectivity index (χ1v) is 7.95. The second-order valence-electron chi connectivity index (χ2n) is 5.82. The van der Waals surface area contributed by atoms with Gasteiger partial charge in [-0.3, -0.25) is 4.79 Å². The molecule has 0 bridgehead atoms. The Kier molecular flexibility index (Phi) is 4.51. The summed E-state index contributed by atoms with van der Waals surface area (Å²) in [5.74, 6) is -0.888. The largest absolute Gasteiger partial charge is 0.508 e. The average molecular weight is 325 g/mol. The highest BCUT2D eigenvalue weighted by Crippen LogP contribution is 2.27. The number of carbonyl (C=O) groups is 2. The summed E-state index contributed by atoms with van der Waals surface area (Å²) in [6, 6.07) is 13.7. The van der Waals surface area contributed by atoms with E-state index in [1.54, 1.807) is 17.9 Å². The molecule has 1 atom stereocenters. The molecular formula is C19H19NO4. The second-order valence-corrected chi connectivity index (χ2v) is 5.82. The van der Waals surface area contributed by atoms with E-state index < -0.39 is 12.1 Å². The molecule has 5 nitrogen and oxygen atoms in total. The zero-order chi connectivity index (χ0) is 17.1. The molecular weight excluding hydrogens is 306 g/mol. The highest BCUT2D eigenvalue weighted by molar-refractivity contribution is 5.99.